The van der Waals surface area contributed by atoms with Crippen molar-refractivity contribution in [3.05, 3.63) is 53.3 Å². The Morgan fingerprint density at radius 1 is 1.20 bits per heavy atom. The summed E-state index contributed by atoms with van der Waals surface area (Å²) in [7, 11) is 0. The number of hydrogen-bond donors (Lipinski definition) is 0. The number of nitrogens with zero attached hydrogens (tertiary/aromatic N) is 3. The molecular formula is C27H31N3O4S. The third-order valence-corrected chi connectivity index (χ3v) is 7.49. The zero-order chi connectivity index (χ0) is 24.4. The summed E-state index contributed by atoms with van der Waals surface area (Å²) in [6, 6.07) is 11.7. The molecule has 0 spiro atoms. The van der Waals surface area contributed by atoms with Gasteiger partial charge in [-0.15, -0.1) is 0 Å². The first-order chi connectivity index (χ1) is 17.0. The summed E-state index contributed by atoms with van der Waals surface area (Å²) >= 11 is 1.56. The van der Waals surface area contributed by atoms with Crippen LogP contribution in [-0.4, -0.2) is 61.8 Å². The second-order valence-electron chi connectivity index (χ2n) is 8.91. The number of aryl methyl sites for hydroxylation is 2. The van der Waals surface area contributed by atoms with Crippen LogP contribution in [0.25, 0.3) is 21.2 Å². The van der Waals surface area contributed by atoms with Gasteiger partial charge >= 0.3 is 0 Å². The van der Waals surface area contributed by atoms with Gasteiger partial charge in [0.1, 0.15) is 0 Å². The molecule has 2 aromatic carbocycles. The van der Waals surface area contributed by atoms with E-state index in [2.05, 4.69) is 30.9 Å². The minimum absolute atomic E-state index is 0.181. The summed E-state index contributed by atoms with van der Waals surface area (Å²) in [6.07, 6.45) is 0.837. The summed E-state index contributed by atoms with van der Waals surface area (Å²) < 4.78 is 18.3. The van der Waals surface area contributed by atoms with Gasteiger partial charge in [-0.3, -0.25) is 14.6 Å². The Labute approximate surface area is 209 Å². The molecule has 7 nitrogen and oxygen atoms in total. The van der Waals surface area contributed by atoms with Crippen molar-refractivity contribution in [2.45, 2.75) is 27.2 Å². The van der Waals surface area contributed by atoms with Crippen LogP contribution in [0.15, 0.2) is 40.8 Å². The lowest BCUT2D eigenvalue weighted by atomic mass is 10.1. The number of fused-ring (bicyclic) bond motifs is 2. The van der Waals surface area contributed by atoms with Crippen molar-refractivity contribution in [3.8, 4) is 5.75 Å². The van der Waals surface area contributed by atoms with Crippen LogP contribution in [-0.2, 0) is 4.74 Å². The number of furan rings is 1. The maximum Gasteiger partial charge on any atom is 0.295 e. The van der Waals surface area contributed by atoms with Gasteiger partial charge in [0.25, 0.3) is 5.91 Å². The molecule has 4 aromatic rings. The molecule has 1 saturated heterocycles. The van der Waals surface area contributed by atoms with Gasteiger partial charge in [0, 0.05) is 31.6 Å². The van der Waals surface area contributed by atoms with E-state index in [0.717, 1.165) is 60.4 Å². The van der Waals surface area contributed by atoms with Crippen molar-refractivity contribution in [2.75, 3.05) is 50.9 Å². The van der Waals surface area contributed by atoms with Gasteiger partial charge in [-0.05, 0) is 56.5 Å². The maximum atomic E-state index is 13.8. The quantitative estimate of drug-likeness (QED) is 0.326. The van der Waals surface area contributed by atoms with Crippen LogP contribution in [0.3, 0.4) is 0 Å². The van der Waals surface area contributed by atoms with E-state index in [1.165, 1.54) is 5.56 Å². The van der Waals surface area contributed by atoms with E-state index in [0.29, 0.717) is 35.4 Å². The zero-order valence-electron chi connectivity index (χ0n) is 20.5. The molecule has 35 heavy (non-hydrogen) atoms. The summed E-state index contributed by atoms with van der Waals surface area (Å²) in [4.78, 5) is 22.8. The Balaban J connectivity index is 1.46. The van der Waals surface area contributed by atoms with Crippen molar-refractivity contribution in [1.29, 1.82) is 0 Å². The molecule has 8 heteroatoms. The molecule has 0 unspecified atom stereocenters. The molecule has 5 rings (SSSR count). The number of para-hydroxylation sites is 1. The van der Waals surface area contributed by atoms with Gasteiger partial charge in [-0.1, -0.05) is 29.5 Å². The average molecular weight is 494 g/mol. The summed E-state index contributed by atoms with van der Waals surface area (Å²) in [5, 5.41) is 1.55. The van der Waals surface area contributed by atoms with E-state index >= 15 is 0 Å². The highest BCUT2D eigenvalue weighted by Crippen LogP contribution is 2.34. The highest BCUT2D eigenvalue weighted by molar-refractivity contribution is 7.22. The van der Waals surface area contributed by atoms with Gasteiger partial charge in [0.05, 0.1) is 30.0 Å². The molecule has 0 aliphatic carbocycles. The monoisotopic (exact) mass is 493 g/mol. The fraction of sp³-hybridized carbons (Fsp3) is 0.407. The van der Waals surface area contributed by atoms with Crippen LogP contribution in [0.1, 0.15) is 35.0 Å². The maximum absolute atomic E-state index is 13.8. The largest absolute Gasteiger partial charge is 0.490 e. The molecule has 184 valence electrons. The fourth-order valence-corrected chi connectivity index (χ4v) is 5.63. The van der Waals surface area contributed by atoms with E-state index < -0.39 is 0 Å². The van der Waals surface area contributed by atoms with Crippen LogP contribution in [0.5, 0.6) is 5.75 Å². The van der Waals surface area contributed by atoms with Crippen molar-refractivity contribution >= 4 is 43.6 Å². The molecule has 0 atom stereocenters. The molecule has 2 aromatic heterocycles. The number of hydrogen-bond acceptors (Lipinski definition) is 7. The number of rotatable bonds is 8. The van der Waals surface area contributed by atoms with Gasteiger partial charge in [-0.25, -0.2) is 4.98 Å². The molecule has 0 radical (unpaired) electrons. The number of aromatic nitrogens is 1. The number of amides is 1. The molecule has 0 saturated carbocycles. The first-order valence-electron chi connectivity index (χ1n) is 12.2. The first-order valence-corrected chi connectivity index (χ1v) is 13.0. The predicted octanol–water partition coefficient (Wildman–Crippen LogP) is 5.43. The Morgan fingerprint density at radius 3 is 2.83 bits per heavy atom. The first kappa shape index (κ1) is 23.8. The Hall–Kier alpha value is -2.94. The van der Waals surface area contributed by atoms with Gasteiger partial charge in [0.15, 0.2) is 22.2 Å². The van der Waals surface area contributed by atoms with Gasteiger partial charge in [-0.2, -0.15) is 0 Å². The van der Waals surface area contributed by atoms with Gasteiger partial charge in [0.2, 0.25) is 0 Å². The Bertz CT molecular complexity index is 1340. The van der Waals surface area contributed by atoms with E-state index in [-0.39, 0.29) is 5.91 Å². The van der Waals surface area contributed by atoms with E-state index in [1.807, 2.05) is 25.1 Å². The third-order valence-electron chi connectivity index (χ3n) is 6.26. The molecule has 0 bridgehead atoms. The standard InChI is InChI=1S/C27H31N3O4S/c1-4-33-22-8-5-7-20-17-23(34-24(20)22)26(31)30(10-6-9-29-11-13-32-14-12-29)27-28-21-16-18(2)15-19(3)25(21)35-27/h5,7-8,15-17H,4,6,9-14H2,1-3H3. The van der Waals surface area contributed by atoms with Crippen molar-refractivity contribution in [3.63, 3.8) is 0 Å². The SMILES string of the molecule is CCOc1cccc2cc(C(=O)N(CCCN3CCOCC3)c3nc4cc(C)cc(C)c4s3)oc12. The summed E-state index contributed by atoms with van der Waals surface area (Å²) in [5.74, 6) is 0.763. The predicted molar refractivity (Wildman–Crippen MR) is 140 cm³/mol. The van der Waals surface area contributed by atoms with Crippen LogP contribution in [0.4, 0.5) is 5.13 Å². The lowest BCUT2D eigenvalue weighted by Crippen LogP contribution is -2.39. The Kier molecular flexibility index (Phi) is 7.04. The normalized spacial score (nSPS) is 14.6. The number of thiazole rings is 1. The zero-order valence-corrected chi connectivity index (χ0v) is 21.3. The number of benzene rings is 2. The van der Waals surface area contributed by atoms with Crippen LogP contribution in [0.2, 0.25) is 0 Å². The summed E-state index contributed by atoms with van der Waals surface area (Å²) in [6.45, 7) is 11.5. The molecule has 0 N–H and O–H groups in total. The second kappa shape index (κ2) is 10.4. The minimum atomic E-state index is -0.181. The number of ether oxygens (including phenoxy) is 2. The molecule has 1 aliphatic heterocycles. The third kappa shape index (κ3) is 5.05. The Morgan fingerprint density at radius 2 is 2.03 bits per heavy atom. The van der Waals surface area contributed by atoms with Crippen molar-refractivity contribution < 1.29 is 18.7 Å². The van der Waals surface area contributed by atoms with Crippen LogP contribution in [0, 0.1) is 13.8 Å². The van der Waals surface area contributed by atoms with E-state index in [1.54, 1.807) is 22.3 Å². The highest BCUT2D eigenvalue weighted by atomic mass is 32.1. The number of morpholine rings is 1. The van der Waals surface area contributed by atoms with Crippen LogP contribution >= 0.6 is 11.3 Å². The number of carbonyl (C=O) groups excluding carboxylic acids is 1. The number of anilines is 1. The van der Waals surface area contributed by atoms with Crippen molar-refractivity contribution in [2.24, 2.45) is 0 Å². The molecule has 1 fully saturated rings. The smallest absolute Gasteiger partial charge is 0.295 e. The fourth-order valence-electron chi connectivity index (χ4n) is 4.59. The van der Waals surface area contributed by atoms with E-state index in [9.17, 15) is 4.79 Å². The summed E-state index contributed by atoms with van der Waals surface area (Å²) in [5.41, 5.74) is 3.87. The molecular weight excluding hydrogens is 462 g/mol. The topological polar surface area (TPSA) is 68.0 Å². The molecule has 1 amide bonds. The van der Waals surface area contributed by atoms with E-state index in [4.69, 9.17) is 18.9 Å². The molecule has 3 heterocycles. The minimum Gasteiger partial charge on any atom is -0.490 e. The average Bonchev–Trinajstić information content (AvgIpc) is 3.48. The lowest BCUT2D eigenvalue weighted by Gasteiger charge is -2.27. The second-order valence-corrected chi connectivity index (χ2v) is 9.89. The van der Waals surface area contributed by atoms with Crippen molar-refractivity contribution in [1.82, 2.24) is 9.88 Å². The lowest BCUT2D eigenvalue weighted by molar-refractivity contribution is 0.0376. The number of carbonyl (C=O) groups is 1. The molecule has 1 aliphatic rings. The van der Waals surface area contributed by atoms with Gasteiger partial charge < -0.3 is 13.9 Å². The van der Waals surface area contributed by atoms with Crippen LogP contribution < -0.4 is 9.64 Å². The highest BCUT2D eigenvalue weighted by Gasteiger charge is 2.26.